The molecule has 6 nitrogen and oxygen atoms in total. The standard InChI is InChI=1S/C12H14N2O4/c1-12(2,7-15)13-11(16)8-6-10(18-14-8)9-4-3-5-17-9/h3-6,15H,7H2,1-2H3,(H,13,16). The van der Waals surface area contributed by atoms with Crippen LogP contribution in [0.25, 0.3) is 11.5 Å². The molecular formula is C12H14N2O4. The van der Waals surface area contributed by atoms with Gasteiger partial charge >= 0.3 is 0 Å². The highest BCUT2D eigenvalue weighted by Gasteiger charge is 2.22. The van der Waals surface area contributed by atoms with E-state index in [1.54, 1.807) is 26.0 Å². The van der Waals surface area contributed by atoms with Crippen LogP contribution in [0.2, 0.25) is 0 Å². The van der Waals surface area contributed by atoms with E-state index in [0.717, 1.165) is 0 Å². The highest BCUT2D eigenvalue weighted by Crippen LogP contribution is 2.20. The van der Waals surface area contributed by atoms with Crippen LogP contribution in [0.1, 0.15) is 24.3 Å². The number of rotatable bonds is 4. The van der Waals surface area contributed by atoms with E-state index in [-0.39, 0.29) is 12.3 Å². The zero-order valence-electron chi connectivity index (χ0n) is 10.1. The number of nitrogens with one attached hydrogen (secondary N) is 1. The minimum Gasteiger partial charge on any atom is -0.461 e. The second kappa shape index (κ2) is 4.66. The molecule has 0 unspecified atom stereocenters. The molecule has 2 aromatic heterocycles. The lowest BCUT2D eigenvalue weighted by atomic mass is 10.1. The molecule has 96 valence electrons. The molecule has 0 aliphatic carbocycles. The molecule has 6 heteroatoms. The summed E-state index contributed by atoms with van der Waals surface area (Å²) in [4.78, 5) is 11.8. The van der Waals surface area contributed by atoms with E-state index in [1.807, 2.05) is 0 Å². The lowest BCUT2D eigenvalue weighted by Gasteiger charge is -2.22. The third-order valence-electron chi connectivity index (χ3n) is 2.35. The van der Waals surface area contributed by atoms with Gasteiger partial charge in [-0.2, -0.15) is 0 Å². The molecule has 0 atom stereocenters. The fourth-order valence-electron chi connectivity index (χ4n) is 1.33. The summed E-state index contributed by atoms with van der Waals surface area (Å²) in [7, 11) is 0. The number of aliphatic hydroxyl groups excluding tert-OH is 1. The Kier molecular flexibility index (Phi) is 3.20. The van der Waals surface area contributed by atoms with E-state index in [1.165, 1.54) is 12.3 Å². The maximum absolute atomic E-state index is 11.8. The second-order valence-electron chi connectivity index (χ2n) is 4.55. The van der Waals surface area contributed by atoms with Gasteiger partial charge in [0.25, 0.3) is 5.91 Å². The van der Waals surface area contributed by atoms with Crippen LogP contribution in [0.15, 0.2) is 33.4 Å². The molecule has 0 saturated carbocycles. The molecule has 0 radical (unpaired) electrons. The van der Waals surface area contributed by atoms with Crippen LogP contribution in [-0.2, 0) is 0 Å². The molecule has 2 heterocycles. The molecular weight excluding hydrogens is 236 g/mol. The van der Waals surface area contributed by atoms with Crippen molar-refractivity contribution in [3.8, 4) is 11.5 Å². The van der Waals surface area contributed by atoms with Gasteiger partial charge in [-0.25, -0.2) is 0 Å². The quantitative estimate of drug-likeness (QED) is 0.857. The Morgan fingerprint density at radius 3 is 2.89 bits per heavy atom. The summed E-state index contributed by atoms with van der Waals surface area (Å²) in [5.41, 5.74) is -0.566. The number of amides is 1. The molecule has 2 N–H and O–H groups in total. The van der Waals surface area contributed by atoms with Gasteiger partial charge in [0.05, 0.1) is 18.4 Å². The van der Waals surface area contributed by atoms with Crippen molar-refractivity contribution < 1.29 is 18.8 Å². The smallest absolute Gasteiger partial charge is 0.273 e. The Morgan fingerprint density at radius 2 is 2.28 bits per heavy atom. The molecule has 0 aliphatic heterocycles. The minimum atomic E-state index is -0.707. The number of aromatic nitrogens is 1. The average molecular weight is 250 g/mol. The zero-order chi connectivity index (χ0) is 13.2. The molecule has 0 spiro atoms. The summed E-state index contributed by atoms with van der Waals surface area (Å²) in [6, 6.07) is 4.91. The molecule has 0 aliphatic rings. The van der Waals surface area contributed by atoms with E-state index in [0.29, 0.717) is 11.5 Å². The fourth-order valence-corrected chi connectivity index (χ4v) is 1.33. The first-order valence-electron chi connectivity index (χ1n) is 5.46. The van der Waals surface area contributed by atoms with Crippen LogP contribution >= 0.6 is 0 Å². The van der Waals surface area contributed by atoms with E-state index in [9.17, 15) is 4.79 Å². The lowest BCUT2D eigenvalue weighted by molar-refractivity contribution is 0.0860. The van der Waals surface area contributed by atoms with Gasteiger partial charge in [-0.05, 0) is 26.0 Å². The highest BCUT2D eigenvalue weighted by atomic mass is 16.5. The SMILES string of the molecule is CC(C)(CO)NC(=O)c1cc(-c2ccco2)on1. The van der Waals surface area contributed by atoms with Crippen LogP contribution in [0, 0.1) is 0 Å². The van der Waals surface area contributed by atoms with Crippen molar-refractivity contribution in [1.82, 2.24) is 10.5 Å². The van der Waals surface area contributed by atoms with Crippen molar-refractivity contribution in [2.24, 2.45) is 0 Å². The van der Waals surface area contributed by atoms with Gasteiger partial charge in [-0.15, -0.1) is 0 Å². The number of hydrogen-bond acceptors (Lipinski definition) is 5. The molecule has 0 fully saturated rings. The monoisotopic (exact) mass is 250 g/mol. The van der Waals surface area contributed by atoms with Crippen molar-refractivity contribution in [3.63, 3.8) is 0 Å². The molecule has 0 bridgehead atoms. The Labute approximate surface area is 104 Å². The van der Waals surface area contributed by atoms with Crippen LogP contribution in [0.3, 0.4) is 0 Å². The number of aliphatic hydroxyl groups is 1. The number of carbonyl (C=O) groups excluding carboxylic acids is 1. The Hall–Kier alpha value is -2.08. The molecule has 1 amide bonds. The van der Waals surface area contributed by atoms with E-state index < -0.39 is 11.4 Å². The van der Waals surface area contributed by atoms with Gasteiger partial charge in [-0.1, -0.05) is 5.16 Å². The first-order chi connectivity index (χ1) is 8.52. The maximum Gasteiger partial charge on any atom is 0.273 e. The van der Waals surface area contributed by atoms with Crippen molar-refractivity contribution >= 4 is 5.91 Å². The molecule has 0 aromatic carbocycles. The molecule has 2 rings (SSSR count). The maximum atomic E-state index is 11.8. The van der Waals surface area contributed by atoms with Crippen molar-refractivity contribution in [1.29, 1.82) is 0 Å². The minimum absolute atomic E-state index is 0.142. The van der Waals surface area contributed by atoms with E-state index in [2.05, 4.69) is 10.5 Å². The second-order valence-corrected chi connectivity index (χ2v) is 4.55. The van der Waals surface area contributed by atoms with Crippen LogP contribution in [0.4, 0.5) is 0 Å². The van der Waals surface area contributed by atoms with Crippen LogP contribution in [0.5, 0.6) is 0 Å². The third-order valence-corrected chi connectivity index (χ3v) is 2.35. The molecule has 18 heavy (non-hydrogen) atoms. The summed E-state index contributed by atoms with van der Waals surface area (Å²) in [5.74, 6) is 0.477. The van der Waals surface area contributed by atoms with E-state index >= 15 is 0 Å². The van der Waals surface area contributed by atoms with E-state index in [4.69, 9.17) is 14.0 Å². The van der Waals surface area contributed by atoms with Gasteiger partial charge in [-0.3, -0.25) is 4.79 Å². The summed E-state index contributed by atoms with van der Waals surface area (Å²) < 4.78 is 10.1. The summed E-state index contributed by atoms with van der Waals surface area (Å²) in [5, 5.41) is 15.4. The first-order valence-corrected chi connectivity index (χ1v) is 5.46. The highest BCUT2D eigenvalue weighted by molar-refractivity contribution is 5.93. The van der Waals surface area contributed by atoms with Crippen molar-refractivity contribution in [2.75, 3.05) is 6.61 Å². The van der Waals surface area contributed by atoms with Crippen molar-refractivity contribution in [2.45, 2.75) is 19.4 Å². The number of furan rings is 1. The summed E-state index contributed by atoms with van der Waals surface area (Å²) in [6.45, 7) is 3.25. The van der Waals surface area contributed by atoms with Crippen molar-refractivity contribution in [3.05, 3.63) is 30.2 Å². The number of nitrogens with zero attached hydrogens (tertiary/aromatic N) is 1. The Morgan fingerprint density at radius 1 is 1.50 bits per heavy atom. The number of hydrogen-bond donors (Lipinski definition) is 2. The predicted molar refractivity (Wildman–Crippen MR) is 62.8 cm³/mol. The average Bonchev–Trinajstić information content (AvgIpc) is 2.99. The summed E-state index contributed by atoms with van der Waals surface area (Å²) in [6.07, 6.45) is 1.51. The fraction of sp³-hybridized carbons (Fsp3) is 0.333. The van der Waals surface area contributed by atoms with Gasteiger partial charge in [0.2, 0.25) is 5.76 Å². The molecule has 0 saturated heterocycles. The number of carbonyl (C=O) groups is 1. The molecule has 2 aromatic rings. The van der Waals surface area contributed by atoms with Gasteiger partial charge in [0.15, 0.2) is 11.5 Å². The summed E-state index contributed by atoms with van der Waals surface area (Å²) >= 11 is 0. The van der Waals surface area contributed by atoms with Gasteiger partial charge in [0, 0.05) is 6.07 Å². The largest absolute Gasteiger partial charge is 0.461 e. The lowest BCUT2D eigenvalue weighted by Crippen LogP contribution is -2.46. The van der Waals surface area contributed by atoms with Gasteiger partial charge < -0.3 is 19.4 Å². The first kappa shape index (κ1) is 12.4. The topological polar surface area (TPSA) is 88.5 Å². The normalized spacial score (nSPS) is 11.5. The van der Waals surface area contributed by atoms with Crippen LogP contribution in [-0.4, -0.2) is 28.3 Å². The van der Waals surface area contributed by atoms with Crippen LogP contribution < -0.4 is 5.32 Å². The van der Waals surface area contributed by atoms with Gasteiger partial charge in [0.1, 0.15) is 0 Å². The zero-order valence-corrected chi connectivity index (χ0v) is 10.1. The Bertz CT molecular complexity index is 528. The predicted octanol–water partition coefficient (Wildman–Crippen LogP) is 1.44. The third kappa shape index (κ3) is 2.60. The Balaban J connectivity index is 2.13.